The smallest absolute Gasteiger partial charge is 0.319 e. The Morgan fingerprint density at radius 1 is 1.20 bits per heavy atom. The van der Waals surface area contributed by atoms with Gasteiger partial charge in [-0.1, -0.05) is 17.7 Å². The fourth-order valence-corrected chi connectivity index (χ4v) is 6.80. The molecule has 4 N–H and O–H groups in total. The van der Waals surface area contributed by atoms with E-state index in [2.05, 4.69) is 15.0 Å². The van der Waals surface area contributed by atoms with Gasteiger partial charge in [0.15, 0.2) is 5.82 Å². The summed E-state index contributed by atoms with van der Waals surface area (Å²) < 4.78 is 43.7. The summed E-state index contributed by atoms with van der Waals surface area (Å²) in [4.78, 5) is 21.2. The van der Waals surface area contributed by atoms with Crippen LogP contribution in [0.25, 0.3) is 32.1 Å². The van der Waals surface area contributed by atoms with Crippen molar-refractivity contribution in [3.8, 4) is 23.2 Å². The van der Waals surface area contributed by atoms with Crippen LogP contribution < -0.4 is 21.1 Å². The molecule has 2 aromatic carbocycles. The van der Waals surface area contributed by atoms with Crippen molar-refractivity contribution in [3.63, 3.8) is 0 Å². The minimum absolute atomic E-state index is 0.000522. The van der Waals surface area contributed by atoms with E-state index in [1.165, 1.54) is 18.5 Å². The SMILES string of the molecule is C[C@H](c1cncnc1N)N(C)c1nc(O[C@H]2COC[C@H]2N(C)C)nc2c(F)c(-c3ccc(F)c4sc(N)c(C#N)c34)c(Cl)cc12. The zero-order valence-corrected chi connectivity index (χ0v) is 26.2. The van der Waals surface area contributed by atoms with Gasteiger partial charge in [-0.05, 0) is 38.7 Å². The molecule has 0 unspecified atom stereocenters. The summed E-state index contributed by atoms with van der Waals surface area (Å²) in [5.74, 6) is -0.798. The van der Waals surface area contributed by atoms with Gasteiger partial charge in [-0.25, -0.2) is 18.7 Å². The lowest BCUT2D eigenvalue weighted by atomic mass is 9.97. The molecule has 232 valence electrons. The highest BCUT2D eigenvalue weighted by Gasteiger charge is 2.34. The molecule has 0 aliphatic carbocycles. The lowest BCUT2D eigenvalue weighted by Crippen LogP contribution is -2.41. The maximum Gasteiger partial charge on any atom is 0.319 e. The van der Waals surface area contributed by atoms with Crippen molar-refractivity contribution in [2.24, 2.45) is 0 Å². The van der Waals surface area contributed by atoms with E-state index in [9.17, 15) is 9.65 Å². The number of nitrogens with zero attached hydrogens (tertiary/aromatic N) is 7. The number of hydrogen-bond acceptors (Lipinski definition) is 12. The maximum atomic E-state index is 16.9. The molecule has 15 heteroatoms. The molecule has 6 rings (SSSR count). The maximum absolute atomic E-state index is 16.9. The van der Waals surface area contributed by atoms with Crippen LogP contribution in [-0.2, 0) is 4.74 Å². The first-order chi connectivity index (χ1) is 21.5. The lowest BCUT2D eigenvalue weighted by Gasteiger charge is -2.29. The monoisotopic (exact) mass is 651 g/mol. The van der Waals surface area contributed by atoms with Crippen LogP contribution in [0.1, 0.15) is 24.1 Å². The number of halogens is 3. The van der Waals surface area contributed by atoms with Crippen LogP contribution >= 0.6 is 22.9 Å². The summed E-state index contributed by atoms with van der Waals surface area (Å²) in [6.45, 7) is 2.62. The highest BCUT2D eigenvalue weighted by molar-refractivity contribution is 7.23. The molecule has 0 radical (unpaired) electrons. The number of anilines is 3. The Bertz CT molecular complexity index is 2000. The Labute approximate surface area is 266 Å². The molecule has 0 bridgehead atoms. The number of thiophene rings is 1. The van der Waals surface area contributed by atoms with Gasteiger partial charge in [-0.15, -0.1) is 11.3 Å². The van der Waals surface area contributed by atoms with E-state index in [4.69, 9.17) is 37.5 Å². The Morgan fingerprint density at radius 2 is 1.98 bits per heavy atom. The molecule has 3 atom stereocenters. The van der Waals surface area contributed by atoms with E-state index in [1.54, 1.807) is 24.2 Å². The standard InChI is InChI=1S/C30H28ClF2N9O2S/c1-13(17-9-37-12-38-27(17)35)42(4)29-15-7-18(31)23(14-5-6-19(32)26-22(14)16(8-34)28(36)45-26)24(33)25(15)39-30(40-29)44-21-11-43-10-20(21)41(2)3/h5-7,9,12-13,20-21H,10-11,36H2,1-4H3,(H2,35,37,38)/t13-,20-,21+/m1/s1. The van der Waals surface area contributed by atoms with Gasteiger partial charge in [0.2, 0.25) is 0 Å². The summed E-state index contributed by atoms with van der Waals surface area (Å²) in [5, 5.41) is 10.4. The van der Waals surface area contributed by atoms with Crippen molar-refractivity contribution in [1.82, 2.24) is 24.8 Å². The van der Waals surface area contributed by atoms with Gasteiger partial charge in [0, 0.05) is 35.1 Å². The summed E-state index contributed by atoms with van der Waals surface area (Å²) in [6, 6.07) is 5.55. The van der Waals surface area contributed by atoms with E-state index in [-0.39, 0.29) is 65.6 Å². The van der Waals surface area contributed by atoms with Crippen molar-refractivity contribution >= 4 is 60.6 Å². The number of ether oxygens (including phenoxy) is 2. The largest absolute Gasteiger partial charge is 0.456 e. The third-order valence-electron chi connectivity index (χ3n) is 8.10. The number of fused-ring (bicyclic) bond motifs is 2. The molecule has 1 aliphatic heterocycles. The number of hydrogen-bond donors (Lipinski definition) is 2. The van der Waals surface area contributed by atoms with Crippen molar-refractivity contribution in [1.29, 1.82) is 5.26 Å². The van der Waals surface area contributed by atoms with Gasteiger partial charge < -0.3 is 30.7 Å². The molecule has 0 spiro atoms. The number of nitriles is 1. The molecular formula is C30H28ClF2N9O2S. The van der Waals surface area contributed by atoms with Crippen LogP contribution in [-0.4, -0.2) is 71.3 Å². The minimum atomic E-state index is -0.803. The second-order valence-electron chi connectivity index (χ2n) is 10.9. The number of nitrogen functional groups attached to an aromatic ring is 2. The van der Waals surface area contributed by atoms with Gasteiger partial charge in [0.25, 0.3) is 0 Å². The summed E-state index contributed by atoms with van der Waals surface area (Å²) in [5.41, 5.74) is 12.9. The zero-order chi connectivity index (χ0) is 32.2. The number of likely N-dealkylation sites (N-methyl/N-ethyl adjacent to an activating group) is 1. The van der Waals surface area contributed by atoms with Gasteiger partial charge in [-0.3, -0.25) is 0 Å². The zero-order valence-electron chi connectivity index (χ0n) is 24.7. The normalized spacial score (nSPS) is 17.2. The summed E-state index contributed by atoms with van der Waals surface area (Å²) in [7, 11) is 5.59. The van der Waals surface area contributed by atoms with Crippen LogP contribution in [0.2, 0.25) is 5.02 Å². The van der Waals surface area contributed by atoms with Crippen LogP contribution in [0.4, 0.5) is 25.4 Å². The van der Waals surface area contributed by atoms with E-state index >= 15 is 4.39 Å². The molecule has 1 fully saturated rings. The Morgan fingerprint density at radius 3 is 2.69 bits per heavy atom. The van der Waals surface area contributed by atoms with Crippen molar-refractivity contribution < 1.29 is 18.3 Å². The van der Waals surface area contributed by atoms with Crippen LogP contribution in [0.5, 0.6) is 6.01 Å². The molecule has 0 saturated carbocycles. The minimum Gasteiger partial charge on any atom is -0.456 e. The second kappa shape index (κ2) is 11.8. The fourth-order valence-electron chi connectivity index (χ4n) is 5.55. The molecule has 11 nitrogen and oxygen atoms in total. The number of rotatable bonds is 7. The van der Waals surface area contributed by atoms with Gasteiger partial charge >= 0.3 is 6.01 Å². The van der Waals surface area contributed by atoms with Gasteiger partial charge in [0.05, 0.1) is 40.6 Å². The Kier molecular flexibility index (Phi) is 8.04. The molecule has 0 amide bonds. The average molecular weight is 652 g/mol. The molecule has 4 heterocycles. The molecule has 3 aromatic heterocycles. The third kappa shape index (κ3) is 5.21. The predicted molar refractivity (Wildman–Crippen MR) is 170 cm³/mol. The predicted octanol–water partition coefficient (Wildman–Crippen LogP) is 5.17. The first kappa shape index (κ1) is 30.6. The van der Waals surface area contributed by atoms with Crippen molar-refractivity contribution in [3.05, 3.63) is 58.5 Å². The first-order valence-corrected chi connectivity index (χ1v) is 15.0. The number of aromatic nitrogens is 4. The molecule has 5 aromatic rings. The lowest BCUT2D eigenvalue weighted by molar-refractivity contribution is 0.117. The first-order valence-electron chi connectivity index (χ1n) is 13.8. The fraction of sp³-hybridized carbons (Fsp3) is 0.300. The Hall–Kier alpha value is -4.42. The third-order valence-corrected chi connectivity index (χ3v) is 9.42. The van der Waals surface area contributed by atoms with Crippen LogP contribution in [0, 0.1) is 23.0 Å². The van der Waals surface area contributed by atoms with E-state index in [0.717, 1.165) is 11.3 Å². The number of benzene rings is 2. The van der Waals surface area contributed by atoms with Crippen molar-refractivity contribution in [2.75, 3.05) is 50.7 Å². The highest BCUT2D eigenvalue weighted by Crippen LogP contribution is 2.46. The molecule has 1 saturated heterocycles. The quantitative estimate of drug-likeness (QED) is 0.240. The van der Waals surface area contributed by atoms with E-state index < -0.39 is 23.8 Å². The van der Waals surface area contributed by atoms with E-state index in [1.807, 2.05) is 32.0 Å². The summed E-state index contributed by atoms with van der Waals surface area (Å²) in [6.07, 6.45) is 2.53. The van der Waals surface area contributed by atoms with Crippen molar-refractivity contribution in [2.45, 2.75) is 25.1 Å². The number of nitrogens with two attached hydrogens (primary N) is 2. The molecular weight excluding hydrogens is 624 g/mol. The second-order valence-corrected chi connectivity index (χ2v) is 12.4. The van der Waals surface area contributed by atoms with Crippen LogP contribution in [0.3, 0.4) is 0 Å². The van der Waals surface area contributed by atoms with E-state index in [0.29, 0.717) is 24.6 Å². The highest BCUT2D eigenvalue weighted by atomic mass is 35.5. The topological polar surface area (TPSA) is 152 Å². The van der Waals surface area contributed by atoms with Gasteiger partial charge in [-0.2, -0.15) is 15.2 Å². The summed E-state index contributed by atoms with van der Waals surface area (Å²) >= 11 is 7.71. The van der Waals surface area contributed by atoms with Crippen LogP contribution in [0.15, 0.2) is 30.7 Å². The Balaban J connectivity index is 1.59. The molecule has 45 heavy (non-hydrogen) atoms. The average Bonchev–Trinajstić information content (AvgIpc) is 3.62. The molecule has 1 aliphatic rings. The van der Waals surface area contributed by atoms with Gasteiger partial charge in [0.1, 0.15) is 46.5 Å².